The molecule has 4 heteroatoms. The number of benzene rings is 2. The van der Waals surface area contributed by atoms with Crippen molar-refractivity contribution in [1.82, 2.24) is 0 Å². The minimum atomic E-state index is -0.469. The molecule has 1 aliphatic carbocycles. The van der Waals surface area contributed by atoms with Gasteiger partial charge in [0.2, 0.25) is 5.91 Å². The second kappa shape index (κ2) is 6.24. The van der Waals surface area contributed by atoms with Crippen molar-refractivity contribution >= 4 is 17.6 Å². The highest BCUT2D eigenvalue weighted by atomic mass is 16.5. The zero-order valence-electron chi connectivity index (χ0n) is 13.0. The largest absolute Gasteiger partial charge is 0.462 e. The number of para-hydroxylation sites is 1. The summed E-state index contributed by atoms with van der Waals surface area (Å²) >= 11 is 0. The van der Waals surface area contributed by atoms with Crippen molar-refractivity contribution in [2.75, 3.05) is 11.9 Å². The first-order valence-electron chi connectivity index (χ1n) is 7.80. The van der Waals surface area contributed by atoms with E-state index in [9.17, 15) is 9.59 Å². The van der Waals surface area contributed by atoms with Gasteiger partial charge in [-0.2, -0.15) is 0 Å². The van der Waals surface area contributed by atoms with Gasteiger partial charge in [0.1, 0.15) is 0 Å². The van der Waals surface area contributed by atoms with Crippen LogP contribution in [0.2, 0.25) is 0 Å². The number of anilines is 1. The van der Waals surface area contributed by atoms with E-state index in [-0.39, 0.29) is 5.91 Å². The Morgan fingerprint density at radius 3 is 2.35 bits per heavy atom. The van der Waals surface area contributed by atoms with Crippen molar-refractivity contribution in [3.63, 3.8) is 0 Å². The van der Waals surface area contributed by atoms with Crippen LogP contribution >= 0.6 is 0 Å². The Morgan fingerprint density at radius 2 is 1.70 bits per heavy atom. The van der Waals surface area contributed by atoms with Crippen LogP contribution in [0.15, 0.2) is 54.6 Å². The zero-order chi connectivity index (χ0) is 16.3. The van der Waals surface area contributed by atoms with Crippen LogP contribution in [0, 0.1) is 0 Å². The van der Waals surface area contributed by atoms with Gasteiger partial charge in [-0.25, -0.2) is 4.79 Å². The molecule has 1 aliphatic rings. The number of carbonyl (C=O) groups excluding carboxylic acids is 2. The van der Waals surface area contributed by atoms with E-state index < -0.39 is 11.4 Å². The van der Waals surface area contributed by atoms with Crippen LogP contribution in [0.1, 0.15) is 35.7 Å². The van der Waals surface area contributed by atoms with Gasteiger partial charge in [0.15, 0.2) is 0 Å². The lowest BCUT2D eigenvalue weighted by Crippen LogP contribution is -2.28. The third kappa shape index (κ3) is 2.97. The van der Waals surface area contributed by atoms with Gasteiger partial charge in [-0.05, 0) is 37.5 Å². The third-order valence-corrected chi connectivity index (χ3v) is 4.18. The number of hydrogen-bond acceptors (Lipinski definition) is 3. The molecule has 0 aromatic heterocycles. The third-order valence-electron chi connectivity index (χ3n) is 4.18. The molecule has 4 nitrogen and oxygen atoms in total. The topological polar surface area (TPSA) is 55.4 Å². The molecule has 0 unspecified atom stereocenters. The summed E-state index contributed by atoms with van der Waals surface area (Å²) < 4.78 is 5.05. The lowest BCUT2D eigenvalue weighted by atomic mass is 9.95. The van der Waals surface area contributed by atoms with Crippen LogP contribution < -0.4 is 5.32 Å². The van der Waals surface area contributed by atoms with E-state index in [1.54, 1.807) is 31.2 Å². The van der Waals surface area contributed by atoms with E-state index in [0.29, 0.717) is 17.9 Å². The smallest absolute Gasteiger partial charge is 0.340 e. The summed E-state index contributed by atoms with van der Waals surface area (Å²) in [4.78, 5) is 24.8. The molecule has 23 heavy (non-hydrogen) atoms. The molecule has 1 amide bonds. The van der Waals surface area contributed by atoms with Gasteiger partial charge in [-0.15, -0.1) is 0 Å². The maximum absolute atomic E-state index is 12.8. The maximum atomic E-state index is 12.8. The van der Waals surface area contributed by atoms with E-state index in [2.05, 4.69) is 5.32 Å². The van der Waals surface area contributed by atoms with Crippen molar-refractivity contribution < 1.29 is 14.3 Å². The highest BCUT2D eigenvalue weighted by Crippen LogP contribution is 2.49. The maximum Gasteiger partial charge on any atom is 0.340 e. The lowest BCUT2D eigenvalue weighted by molar-refractivity contribution is -0.118. The highest BCUT2D eigenvalue weighted by Gasteiger charge is 2.51. The molecule has 0 heterocycles. The summed E-state index contributed by atoms with van der Waals surface area (Å²) in [5.41, 5.74) is 1.43. The molecule has 0 aliphatic heterocycles. The van der Waals surface area contributed by atoms with Crippen molar-refractivity contribution in [3.05, 3.63) is 65.7 Å². The number of esters is 1. The molecule has 1 N–H and O–H groups in total. The summed E-state index contributed by atoms with van der Waals surface area (Å²) in [5, 5.41) is 2.91. The van der Waals surface area contributed by atoms with Gasteiger partial charge in [-0.1, -0.05) is 42.5 Å². The van der Waals surface area contributed by atoms with Gasteiger partial charge >= 0.3 is 5.97 Å². The Bertz CT molecular complexity index is 720. The van der Waals surface area contributed by atoms with Crippen molar-refractivity contribution in [3.8, 4) is 0 Å². The summed E-state index contributed by atoms with van der Waals surface area (Å²) in [6, 6.07) is 16.7. The van der Waals surface area contributed by atoms with Crippen LogP contribution in [-0.4, -0.2) is 18.5 Å². The predicted octanol–water partition coefficient (Wildman–Crippen LogP) is 3.53. The lowest BCUT2D eigenvalue weighted by Gasteiger charge is -2.17. The second-order valence-corrected chi connectivity index (χ2v) is 5.67. The Kier molecular flexibility index (Phi) is 4.15. The van der Waals surface area contributed by atoms with Gasteiger partial charge < -0.3 is 10.1 Å². The van der Waals surface area contributed by atoms with E-state index in [1.807, 2.05) is 30.3 Å². The SMILES string of the molecule is CCOC(=O)c1ccccc1NC(=O)C1(c2ccccc2)CC1. The summed E-state index contributed by atoms with van der Waals surface area (Å²) in [6.45, 7) is 2.06. The minimum Gasteiger partial charge on any atom is -0.462 e. The number of carbonyl (C=O) groups is 2. The first-order valence-corrected chi connectivity index (χ1v) is 7.80. The number of hydrogen-bond donors (Lipinski definition) is 1. The van der Waals surface area contributed by atoms with Gasteiger partial charge in [0.25, 0.3) is 0 Å². The van der Waals surface area contributed by atoms with Gasteiger partial charge in [-0.3, -0.25) is 4.79 Å². The molecule has 2 aromatic carbocycles. The molecule has 0 saturated heterocycles. The van der Waals surface area contributed by atoms with Crippen LogP contribution in [-0.2, 0) is 14.9 Å². The Hall–Kier alpha value is -2.62. The average Bonchev–Trinajstić information content (AvgIpc) is 3.38. The van der Waals surface area contributed by atoms with Gasteiger partial charge in [0.05, 0.1) is 23.3 Å². The standard InChI is InChI=1S/C19H19NO3/c1-2-23-17(21)15-10-6-7-11-16(15)20-18(22)19(12-13-19)14-8-4-3-5-9-14/h3-11H,2,12-13H2,1H3,(H,20,22). The molecular weight excluding hydrogens is 290 g/mol. The fraction of sp³-hybridized carbons (Fsp3) is 0.263. The number of ether oxygens (including phenoxy) is 1. The molecule has 1 saturated carbocycles. The predicted molar refractivity (Wildman–Crippen MR) is 88.4 cm³/mol. The summed E-state index contributed by atoms with van der Waals surface area (Å²) in [5.74, 6) is -0.492. The molecule has 0 atom stereocenters. The van der Waals surface area contributed by atoms with Gasteiger partial charge in [0, 0.05) is 0 Å². The molecule has 3 rings (SSSR count). The van der Waals surface area contributed by atoms with Crippen molar-refractivity contribution in [2.24, 2.45) is 0 Å². The van der Waals surface area contributed by atoms with Crippen LogP contribution in [0.5, 0.6) is 0 Å². The normalized spacial score (nSPS) is 14.8. The summed E-state index contributed by atoms with van der Waals surface area (Å²) in [6.07, 6.45) is 1.65. The minimum absolute atomic E-state index is 0.0690. The van der Waals surface area contributed by atoms with E-state index in [0.717, 1.165) is 18.4 Å². The van der Waals surface area contributed by atoms with E-state index in [4.69, 9.17) is 4.74 Å². The van der Waals surface area contributed by atoms with E-state index >= 15 is 0 Å². The Morgan fingerprint density at radius 1 is 1.04 bits per heavy atom. The Labute approximate surface area is 135 Å². The molecule has 0 spiro atoms. The van der Waals surface area contributed by atoms with E-state index in [1.165, 1.54) is 0 Å². The van der Waals surface area contributed by atoms with Crippen LogP contribution in [0.3, 0.4) is 0 Å². The molecule has 1 fully saturated rings. The fourth-order valence-corrected chi connectivity index (χ4v) is 2.75. The van der Waals surface area contributed by atoms with Crippen LogP contribution in [0.4, 0.5) is 5.69 Å². The second-order valence-electron chi connectivity index (χ2n) is 5.67. The quantitative estimate of drug-likeness (QED) is 0.860. The number of nitrogens with one attached hydrogen (secondary N) is 1. The first-order chi connectivity index (χ1) is 11.2. The number of amides is 1. The first kappa shape index (κ1) is 15.3. The highest BCUT2D eigenvalue weighted by molar-refractivity contribution is 6.06. The molecule has 118 valence electrons. The van der Waals surface area contributed by atoms with Crippen LogP contribution in [0.25, 0.3) is 0 Å². The zero-order valence-corrected chi connectivity index (χ0v) is 13.0. The molecule has 0 radical (unpaired) electrons. The van der Waals surface area contributed by atoms with Crippen molar-refractivity contribution in [2.45, 2.75) is 25.2 Å². The fourth-order valence-electron chi connectivity index (χ4n) is 2.75. The monoisotopic (exact) mass is 309 g/mol. The Balaban J connectivity index is 1.83. The average molecular weight is 309 g/mol. The van der Waals surface area contributed by atoms with Crippen molar-refractivity contribution in [1.29, 1.82) is 0 Å². The molecule has 2 aromatic rings. The number of rotatable bonds is 5. The summed E-state index contributed by atoms with van der Waals surface area (Å²) in [7, 11) is 0. The molecular formula is C19H19NO3. The molecule has 0 bridgehead atoms.